The van der Waals surface area contributed by atoms with Crippen LogP contribution in [0.3, 0.4) is 0 Å². The van der Waals surface area contributed by atoms with E-state index in [1.54, 1.807) is 0 Å². The minimum atomic E-state index is 0.242. The van der Waals surface area contributed by atoms with Gasteiger partial charge >= 0.3 is 0 Å². The first-order valence-corrected chi connectivity index (χ1v) is 7.43. The fourth-order valence-corrected chi connectivity index (χ4v) is 1.86. The third-order valence-electron chi connectivity index (χ3n) is 4.29. The molecule has 1 nitrogen and oxygen atoms in total. The highest BCUT2D eigenvalue weighted by Crippen LogP contribution is 2.25. The van der Waals surface area contributed by atoms with Crippen molar-refractivity contribution in [3.8, 4) is 0 Å². The highest BCUT2D eigenvalue weighted by Gasteiger charge is 2.21. The molecule has 0 spiro atoms. The molecule has 1 aromatic carbocycles. The molecule has 0 amide bonds. The van der Waals surface area contributed by atoms with Crippen LogP contribution in [0.2, 0.25) is 0 Å². The second kappa shape index (κ2) is 6.09. The summed E-state index contributed by atoms with van der Waals surface area (Å²) in [6, 6.07) is 9.00. The molecule has 0 fully saturated rings. The van der Waals surface area contributed by atoms with Crippen molar-refractivity contribution in [2.24, 2.45) is 11.3 Å². The Labute approximate surface area is 119 Å². The normalized spacial score (nSPS) is 13.1. The zero-order chi connectivity index (χ0) is 14.7. The van der Waals surface area contributed by atoms with Crippen molar-refractivity contribution in [3.63, 3.8) is 0 Å². The fourth-order valence-electron chi connectivity index (χ4n) is 1.86. The Balaban J connectivity index is 2.52. The number of hydrogen-bond donors (Lipinski definition) is 1. The number of hydrogen-bond acceptors (Lipinski definition) is 1. The predicted molar refractivity (Wildman–Crippen MR) is 85.5 cm³/mol. The SMILES string of the molecule is CC(C)C(C)(C)CNCc1ccc(C(C)(C)C)cc1. The lowest BCUT2D eigenvalue weighted by molar-refractivity contribution is 0.238. The minimum Gasteiger partial charge on any atom is -0.312 e. The summed E-state index contributed by atoms with van der Waals surface area (Å²) in [5.74, 6) is 0.697. The highest BCUT2D eigenvalue weighted by atomic mass is 14.9. The van der Waals surface area contributed by atoms with Crippen molar-refractivity contribution < 1.29 is 0 Å². The standard InChI is InChI=1S/C18H31N/c1-14(2)18(6,7)13-19-12-15-8-10-16(11-9-15)17(3,4)5/h8-11,14,19H,12-13H2,1-7H3. The Morgan fingerprint density at radius 3 is 1.89 bits per heavy atom. The van der Waals surface area contributed by atoms with Crippen LogP contribution in [0.25, 0.3) is 0 Å². The molecule has 0 aliphatic carbocycles. The van der Waals surface area contributed by atoms with Gasteiger partial charge in [-0.15, -0.1) is 0 Å². The van der Waals surface area contributed by atoms with Gasteiger partial charge in [0.25, 0.3) is 0 Å². The maximum Gasteiger partial charge on any atom is 0.0205 e. The Morgan fingerprint density at radius 1 is 0.947 bits per heavy atom. The van der Waals surface area contributed by atoms with Gasteiger partial charge in [-0.05, 0) is 27.9 Å². The summed E-state index contributed by atoms with van der Waals surface area (Å²) < 4.78 is 0. The average molecular weight is 261 g/mol. The van der Waals surface area contributed by atoms with Crippen molar-refractivity contribution in [3.05, 3.63) is 35.4 Å². The van der Waals surface area contributed by atoms with E-state index in [0.29, 0.717) is 11.3 Å². The van der Waals surface area contributed by atoms with Gasteiger partial charge in [0.2, 0.25) is 0 Å². The molecule has 0 heterocycles. The summed E-state index contributed by atoms with van der Waals surface area (Å²) in [7, 11) is 0. The summed E-state index contributed by atoms with van der Waals surface area (Å²) in [6.07, 6.45) is 0. The second-order valence-corrected chi connectivity index (χ2v) is 7.69. The van der Waals surface area contributed by atoms with E-state index in [0.717, 1.165) is 13.1 Å². The van der Waals surface area contributed by atoms with Crippen molar-refractivity contribution in [1.29, 1.82) is 0 Å². The third-order valence-corrected chi connectivity index (χ3v) is 4.29. The van der Waals surface area contributed by atoms with Crippen LogP contribution in [-0.4, -0.2) is 6.54 Å². The first kappa shape index (κ1) is 16.2. The van der Waals surface area contributed by atoms with E-state index in [2.05, 4.69) is 78.0 Å². The first-order valence-electron chi connectivity index (χ1n) is 7.43. The third kappa shape index (κ3) is 4.99. The van der Waals surface area contributed by atoms with Crippen molar-refractivity contribution in [2.45, 2.75) is 60.4 Å². The van der Waals surface area contributed by atoms with Gasteiger partial charge in [0, 0.05) is 13.1 Å². The van der Waals surface area contributed by atoms with Crippen molar-refractivity contribution in [1.82, 2.24) is 5.32 Å². The monoisotopic (exact) mass is 261 g/mol. The Hall–Kier alpha value is -0.820. The van der Waals surface area contributed by atoms with Crippen LogP contribution in [-0.2, 0) is 12.0 Å². The van der Waals surface area contributed by atoms with E-state index in [9.17, 15) is 0 Å². The average Bonchev–Trinajstić information content (AvgIpc) is 2.28. The van der Waals surface area contributed by atoms with E-state index >= 15 is 0 Å². The lowest BCUT2D eigenvalue weighted by Gasteiger charge is -2.29. The van der Waals surface area contributed by atoms with E-state index in [1.165, 1.54) is 11.1 Å². The number of rotatable bonds is 5. The molecule has 0 bridgehead atoms. The van der Waals surface area contributed by atoms with Gasteiger partial charge < -0.3 is 5.32 Å². The molecule has 0 atom stereocenters. The molecule has 0 saturated carbocycles. The molecule has 0 aliphatic heterocycles. The molecule has 0 radical (unpaired) electrons. The van der Waals surface area contributed by atoms with Crippen LogP contribution < -0.4 is 5.32 Å². The molecule has 0 aliphatic rings. The molecule has 1 aromatic rings. The smallest absolute Gasteiger partial charge is 0.0205 e. The second-order valence-electron chi connectivity index (χ2n) is 7.69. The van der Waals surface area contributed by atoms with Gasteiger partial charge in [-0.3, -0.25) is 0 Å². The van der Waals surface area contributed by atoms with E-state index < -0.39 is 0 Å². The van der Waals surface area contributed by atoms with Crippen LogP contribution in [0.4, 0.5) is 0 Å². The maximum atomic E-state index is 3.58. The Kier molecular flexibility index (Phi) is 5.20. The van der Waals surface area contributed by atoms with Gasteiger partial charge in [0.1, 0.15) is 0 Å². The van der Waals surface area contributed by atoms with Gasteiger partial charge in [0.05, 0.1) is 0 Å². The first-order chi connectivity index (χ1) is 8.63. The van der Waals surface area contributed by atoms with E-state index in [4.69, 9.17) is 0 Å². The molecule has 0 unspecified atom stereocenters. The molecule has 0 aromatic heterocycles. The molecule has 1 rings (SSSR count). The molecule has 1 heteroatoms. The minimum absolute atomic E-state index is 0.242. The van der Waals surface area contributed by atoms with E-state index in [1.807, 2.05) is 0 Å². The summed E-state index contributed by atoms with van der Waals surface area (Å²) in [5.41, 5.74) is 3.36. The van der Waals surface area contributed by atoms with Crippen LogP contribution in [0.5, 0.6) is 0 Å². The van der Waals surface area contributed by atoms with Crippen LogP contribution >= 0.6 is 0 Å². The van der Waals surface area contributed by atoms with Gasteiger partial charge in [-0.1, -0.05) is 72.7 Å². The molecule has 1 N–H and O–H groups in total. The molecule has 0 saturated heterocycles. The summed E-state index contributed by atoms with van der Waals surface area (Å²) in [6.45, 7) is 18.0. The highest BCUT2D eigenvalue weighted by molar-refractivity contribution is 5.27. The molecule has 19 heavy (non-hydrogen) atoms. The lowest BCUT2D eigenvalue weighted by atomic mass is 9.81. The molecular weight excluding hydrogens is 230 g/mol. The van der Waals surface area contributed by atoms with Crippen molar-refractivity contribution in [2.75, 3.05) is 6.54 Å². The molecular formula is C18H31N. The van der Waals surface area contributed by atoms with Crippen LogP contribution in [0, 0.1) is 11.3 Å². The lowest BCUT2D eigenvalue weighted by Crippen LogP contribution is -2.33. The van der Waals surface area contributed by atoms with Crippen molar-refractivity contribution >= 4 is 0 Å². The summed E-state index contributed by atoms with van der Waals surface area (Å²) in [4.78, 5) is 0. The quantitative estimate of drug-likeness (QED) is 0.806. The van der Waals surface area contributed by atoms with Crippen LogP contribution in [0.1, 0.15) is 59.6 Å². The zero-order valence-electron chi connectivity index (χ0n) is 13.8. The van der Waals surface area contributed by atoms with E-state index in [-0.39, 0.29) is 5.41 Å². The zero-order valence-corrected chi connectivity index (χ0v) is 13.8. The Bertz CT molecular complexity index is 379. The Morgan fingerprint density at radius 2 is 1.47 bits per heavy atom. The van der Waals surface area contributed by atoms with Gasteiger partial charge in [-0.25, -0.2) is 0 Å². The van der Waals surface area contributed by atoms with Gasteiger partial charge in [-0.2, -0.15) is 0 Å². The summed E-state index contributed by atoms with van der Waals surface area (Å²) >= 11 is 0. The molecule has 108 valence electrons. The fraction of sp³-hybridized carbons (Fsp3) is 0.667. The maximum absolute atomic E-state index is 3.58. The topological polar surface area (TPSA) is 12.0 Å². The number of benzene rings is 1. The number of nitrogens with one attached hydrogen (secondary N) is 1. The largest absolute Gasteiger partial charge is 0.312 e. The van der Waals surface area contributed by atoms with Gasteiger partial charge in [0.15, 0.2) is 0 Å². The predicted octanol–water partition coefficient (Wildman–Crippen LogP) is 4.76. The summed E-state index contributed by atoms with van der Waals surface area (Å²) in [5, 5.41) is 3.58. The van der Waals surface area contributed by atoms with Crippen LogP contribution in [0.15, 0.2) is 24.3 Å².